The molecule has 0 saturated carbocycles. The van der Waals surface area contributed by atoms with Gasteiger partial charge >= 0.3 is 5.97 Å². The summed E-state index contributed by atoms with van der Waals surface area (Å²) in [5.41, 5.74) is 0. The van der Waals surface area contributed by atoms with Gasteiger partial charge in [-0.25, -0.2) is 21.6 Å². The molecule has 0 aliphatic heterocycles. The summed E-state index contributed by atoms with van der Waals surface area (Å²) in [6.07, 6.45) is 0. The van der Waals surface area contributed by atoms with Crippen LogP contribution in [0, 0.1) is 17.5 Å². The molecule has 0 saturated heterocycles. The van der Waals surface area contributed by atoms with Crippen molar-refractivity contribution < 1.29 is 36.2 Å². The fraction of sp³-hybridized carbons (Fsp3) is 0.300. The monoisotopic (exact) mass is 313 g/mol. The van der Waals surface area contributed by atoms with E-state index in [0.29, 0.717) is 12.1 Å². The molecule has 0 fully saturated rings. The van der Waals surface area contributed by atoms with Gasteiger partial charge in [-0.1, -0.05) is 0 Å². The maximum Gasteiger partial charge on any atom is 0.326 e. The van der Waals surface area contributed by atoms with Crippen LogP contribution in [0.1, 0.15) is 0 Å². The zero-order valence-electron chi connectivity index (χ0n) is 10.1. The molecule has 1 aromatic rings. The van der Waals surface area contributed by atoms with E-state index in [2.05, 4.69) is 4.74 Å². The Morgan fingerprint density at radius 3 is 2.45 bits per heavy atom. The predicted molar refractivity (Wildman–Crippen MR) is 59.5 cm³/mol. The van der Waals surface area contributed by atoms with Crippen LogP contribution >= 0.6 is 0 Å². The average molecular weight is 313 g/mol. The normalized spacial score (nSPS) is 13.1. The molecule has 10 heteroatoms. The van der Waals surface area contributed by atoms with Gasteiger partial charge in [0.15, 0.2) is 17.5 Å². The Hall–Kier alpha value is -1.65. The van der Waals surface area contributed by atoms with Crippen molar-refractivity contribution in [2.75, 3.05) is 13.7 Å². The van der Waals surface area contributed by atoms with Crippen LogP contribution in [0.4, 0.5) is 13.2 Å². The zero-order valence-corrected chi connectivity index (χ0v) is 10.9. The third kappa shape index (κ3) is 3.26. The fourth-order valence-corrected chi connectivity index (χ4v) is 2.51. The highest BCUT2D eigenvalue weighted by atomic mass is 32.2. The first-order valence-corrected chi connectivity index (χ1v) is 6.57. The van der Waals surface area contributed by atoms with Crippen LogP contribution in [0.25, 0.3) is 0 Å². The van der Waals surface area contributed by atoms with Crippen LogP contribution in [0.2, 0.25) is 0 Å². The number of sulfonamides is 1. The van der Waals surface area contributed by atoms with Gasteiger partial charge in [-0.05, 0) is 12.1 Å². The van der Waals surface area contributed by atoms with Gasteiger partial charge in [0.1, 0.15) is 10.9 Å². The molecule has 0 heterocycles. The van der Waals surface area contributed by atoms with Gasteiger partial charge in [0.05, 0.1) is 13.7 Å². The van der Waals surface area contributed by atoms with Gasteiger partial charge in [-0.2, -0.15) is 4.72 Å². The van der Waals surface area contributed by atoms with Crippen molar-refractivity contribution in [1.29, 1.82) is 0 Å². The van der Waals surface area contributed by atoms with Crippen molar-refractivity contribution in [3.63, 3.8) is 0 Å². The quantitative estimate of drug-likeness (QED) is 0.586. The number of aliphatic hydroxyl groups is 1. The van der Waals surface area contributed by atoms with Crippen molar-refractivity contribution in [1.82, 2.24) is 4.72 Å². The summed E-state index contributed by atoms with van der Waals surface area (Å²) in [5.74, 6) is -6.59. The maximum atomic E-state index is 13.4. The first-order valence-electron chi connectivity index (χ1n) is 5.09. The van der Waals surface area contributed by atoms with E-state index in [9.17, 15) is 26.4 Å². The molecule has 0 spiro atoms. The molecule has 0 aliphatic rings. The van der Waals surface area contributed by atoms with Crippen molar-refractivity contribution in [2.45, 2.75) is 10.9 Å². The summed E-state index contributed by atoms with van der Waals surface area (Å²) >= 11 is 0. The highest BCUT2D eigenvalue weighted by Gasteiger charge is 2.29. The summed E-state index contributed by atoms with van der Waals surface area (Å²) in [7, 11) is -3.75. The number of ether oxygens (including phenoxy) is 1. The number of hydrogen-bond acceptors (Lipinski definition) is 5. The molecule has 1 aromatic carbocycles. The van der Waals surface area contributed by atoms with Gasteiger partial charge in [0, 0.05) is 0 Å². The van der Waals surface area contributed by atoms with Gasteiger partial charge in [0.25, 0.3) is 0 Å². The van der Waals surface area contributed by atoms with Crippen LogP contribution < -0.4 is 4.72 Å². The largest absolute Gasteiger partial charge is 0.468 e. The average Bonchev–Trinajstić information content (AvgIpc) is 2.41. The molecule has 0 amide bonds. The predicted octanol–water partition coefficient (Wildman–Crippen LogP) is -0.0839. The molecule has 0 aromatic heterocycles. The third-order valence-electron chi connectivity index (χ3n) is 2.25. The second-order valence-corrected chi connectivity index (χ2v) is 5.24. The van der Waals surface area contributed by atoms with E-state index in [-0.39, 0.29) is 0 Å². The number of hydrogen-bond donors (Lipinski definition) is 2. The number of nitrogens with one attached hydrogen (secondary N) is 1. The number of rotatable bonds is 5. The topological polar surface area (TPSA) is 92.7 Å². The molecule has 0 radical (unpaired) electrons. The molecule has 6 nitrogen and oxygen atoms in total. The smallest absolute Gasteiger partial charge is 0.326 e. The van der Waals surface area contributed by atoms with E-state index in [0.717, 1.165) is 7.11 Å². The van der Waals surface area contributed by atoms with Crippen molar-refractivity contribution in [2.24, 2.45) is 0 Å². The molecule has 20 heavy (non-hydrogen) atoms. The van der Waals surface area contributed by atoms with Gasteiger partial charge in [0.2, 0.25) is 10.0 Å². The van der Waals surface area contributed by atoms with Crippen LogP contribution in [0.15, 0.2) is 17.0 Å². The van der Waals surface area contributed by atoms with Gasteiger partial charge in [-0.3, -0.25) is 4.79 Å². The lowest BCUT2D eigenvalue weighted by molar-refractivity contribution is -0.143. The fourth-order valence-electron chi connectivity index (χ4n) is 1.27. The Morgan fingerprint density at radius 1 is 1.35 bits per heavy atom. The lowest BCUT2D eigenvalue weighted by Gasteiger charge is -2.14. The second kappa shape index (κ2) is 6.20. The molecular weight excluding hydrogens is 303 g/mol. The summed E-state index contributed by atoms with van der Waals surface area (Å²) in [4.78, 5) is 9.93. The molecule has 0 bridgehead atoms. The van der Waals surface area contributed by atoms with E-state index in [4.69, 9.17) is 5.11 Å². The molecule has 1 rings (SSSR count). The molecule has 1 unspecified atom stereocenters. The molecular formula is C10H10F3NO5S. The minimum atomic E-state index is -4.69. The zero-order chi connectivity index (χ0) is 15.5. The lowest BCUT2D eigenvalue weighted by Crippen LogP contribution is -2.44. The maximum absolute atomic E-state index is 13.4. The van der Waals surface area contributed by atoms with Crippen molar-refractivity contribution >= 4 is 16.0 Å². The first kappa shape index (κ1) is 16.4. The summed E-state index contributed by atoms with van der Waals surface area (Å²) in [6, 6.07) is -0.793. The number of methoxy groups -OCH3 is 1. The van der Waals surface area contributed by atoms with E-state index < -0.39 is 51.0 Å². The molecule has 112 valence electrons. The summed E-state index contributed by atoms with van der Waals surface area (Å²) in [6.45, 7) is -0.961. The molecule has 0 aliphatic carbocycles. The van der Waals surface area contributed by atoms with E-state index >= 15 is 0 Å². The highest BCUT2D eigenvalue weighted by molar-refractivity contribution is 7.89. The lowest BCUT2D eigenvalue weighted by atomic mass is 10.3. The van der Waals surface area contributed by atoms with Crippen LogP contribution in [0.3, 0.4) is 0 Å². The summed E-state index contributed by atoms with van der Waals surface area (Å²) in [5, 5.41) is 8.85. The van der Waals surface area contributed by atoms with Crippen molar-refractivity contribution in [3.05, 3.63) is 29.6 Å². The Kier molecular flexibility index (Phi) is 5.09. The standard InChI is InChI=1S/C10H10F3NO5S/c1-19-10(16)6(4-15)14-20(17,18)7-3-2-5(11)8(12)9(7)13/h2-3,6,14-15H,4H2,1H3. The number of halogens is 3. The van der Waals surface area contributed by atoms with E-state index in [1.807, 2.05) is 0 Å². The summed E-state index contributed by atoms with van der Waals surface area (Å²) < 4.78 is 68.4. The van der Waals surface area contributed by atoms with Crippen LogP contribution in [-0.2, 0) is 19.6 Å². The SMILES string of the molecule is COC(=O)C(CO)NS(=O)(=O)c1ccc(F)c(F)c1F. The van der Waals surface area contributed by atoms with Crippen LogP contribution in [0.5, 0.6) is 0 Å². The van der Waals surface area contributed by atoms with Gasteiger partial charge < -0.3 is 9.84 Å². The Balaban J connectivity index is 3.18. The number of carbonyl (C=O) groups excluding carboxylic acids is 1. The highest BCUT2D eigenvalue weighted by Crippen LogP contribution is 2.19. The third-order valence-corrected chi connectivity index (χ3v) is 3.74. The van der Waals surface area contributed by atoms with Crippen LogP contribution in [-0.4, -0.2) is 39.3 Å². The molecule has 2 N–H and O–H groups in total. The Labute approximate surface area is 112 Å². The number of benzene rings is 1. The minimum absolute atomic E-state index is 0.416. The number of esters is 1. The number of carbonyl (C=O) groups is 1. The van der Waals surface area contributed by atoms with E-state index in [1.54, 1.807) is 4.72 Å². The van der Waals surface area contributed by atoms with Gasteiger partial charge in [-0.15, -0.1) is 0 Å². The first-order chi connectivity index (χ1) is 9.24. The Morgan fingerprint density at radius 2 is 1.95 bits per heavy atom. The second-order valence-electron chi connectivity index (χ2n) is 3.55. The molecule has 1 atom stereocenters. The van der Waals surface area contributed by atoms with Crippen molar-refractivity contribution in [3.8, 4) is 0 Å². The Bertz CT molecular complexity index is 620. The number of aliphatic hydroxyl groups excluding tert-OH is 1. The minimum Gasteiger partial charge on any atom is -0.468 e. The van der Waals surface area contributed by atoms with E-state index in [1.165, 1.54) is 0 Å².